The van der Waals surface area contributed by atoms with Gasteiger partial charge < -0.3 is 19.9 Å². The Morgan fingerprint density at radius 1 is 1.07 bits per heavy atom. The maximum Gasteiger partial charge on any atom is 0.321 e. The van der Waals surface area contributed by atoms with Gasteiger partial charge in [-0.15, -0.1) is 0 Å². The molecule has 1 heterocycles. The van der Waals surface area contributed by atoms with Crippen LogP contribution in [0.25, 0.3) is 0 Å². The number of benzene rings is 2. The molecule has 0 aromatic heterocycles. The van der Waals surface area contributed by atoms with Crippen molar-refractivity contribution in [2.45, 2.75) is 19.5 Å². The van der Waals surface area contributed by atoms with E-state index in [0.29, 0.717) is 6.54 Å². The number of piperazine rings is 1. The fourth-order valence-corrected chi connectivity index (χ4v) is 3.51. The molecule has 7 nitrogen and oxygen atoms in total. The molecular formula is C22H29N4O3+. The number of methoxy groups -OCH3 is 1. The molecule has 1 fully saturated rings. The first-order valence-corrected chi connectivity index (χ1v) is 9.93. The van der Waals surface area contributed by atoms with Crippen molar-refractivity contribution in [1.82, 2.24) is 10.6 Å². The molecule has 7 heteroatoms. The minimum absolute atomic E-state index is 0.247. The Balaban J connectivity index is 1.43. The SMILES string of the molecule is COc1ccc(N2CC[NH+]([C@H](C)C(=O)NC(=O)NCc3ccccc3)CC2)cc1. The first kappa shape index (κ1) is 20.7. The third kappa shape index (κ3) is 5.71. The molecule has 2 aromatic rings. The van der Waals surface area contributed by atoms with E-state index in [0.717, 1.165) is 43.2 Å². The van der Waals surface area contributed by atoms with E-state index in [1.54, 1.807) is 7.11 Å². The van der Waals surface area contributed by atoms with Crippen molar-refractivity contribution in [3.63, 3.8) is 0 Å². The highest BCUT2D eigenvalue weighted by molar-refractivity contribution is 5.96. The summed E-state index contributed by atoms with van der Waals surface area (Å²) in [7, 11) is 1.66. The monoisotopic (exact) mass is 397 g/mol. The number of carbonyl (C=O) groups is 2. The second-order valence-corrected chi connectivity index (χ2v) is 7.22. The molecule has 1 atom stereocenters. The normalized spacial score (nSPS) is 15.4. The van der Waals surface area contributed by atoms with Gasteiger partial charge in [-0.1, -0.05) is 30.3 Å². The Hall–Kier alpha value is -3.06. The lowest BCUT2D eigenvalue weighted by Crippen LogP contribution is -3.19. The molecule has 29 heavy (non-hydrogen) atoms. The highest BCUT2D eigenvalue weighted by atomic mass is 16.5. The number of ether oxygens (including phenoxy) is 1. The molecule has 3 rings (SSSR count). The van der Waals surface area contributed by atoms with Gasteiger partial charge in [-0.25, -0.2) is 4.79 Å². The molecule has 0 aliphatic carbocycles. The summed E-state index contributed by atoms with van der Waals surface area (Å²) in [6, 6.07) is 16.9. The van der Waals surface area contributed by atoms with E-state index < -0.39 is 6.03 Å². The van der Waals surface area contributed by atoms with Gasteiger partial charge in [0.25, 0.3) is 5.91 Å². The van der Waals surface area contributed by atoms with Gasteiger partial charge in [0.2, 0.25) is 0 Å². The number of quaternary nitrogens is 1. The zero-order chi connectivity index (χ0) is 20.6. The van der Waals surface area contributed by atoms with Gasteiger partial charge >= 0.3 is 6.03 Å². The summed E-state index contributed by atoms with van der Waals surface area (Å²) < 4.78 is 5.21. The van der Waals surface area contributed by atoms with Crippen LogP contribution in [0.3, 0.4) is 0 Å². The van der Waals surface area contributed by atoms with Crippen LogP contribution in [0.2, 0.25) is 0 Å². The smallest absolute Gasteiger partial charge is 0.321 e. The van der Waals surface area contributed by atoms with Crippen LogP contribution in [0.15, 0.2) is 54.6 Å². The van der Waals surface area contributed by atoms with Crippen molar-refractivity contribution in [1.29, 1.82) is 0 Å². The topological polar surface area (TPSA) is 75.1 Å². The van der Waals surface area contributed by atoms with Crippen LogP contribution in [0.1, 0.15) is 12.5 Å². The van der Waals surface area contributed by atoms with E-state index in [2.05, 4.69) is 27.7 Å². The molecule has 0 radical (unpaired) electrons. The van der Waals surface area contributed by atoms with Gasteiger partial charge in [0.05, 0.1) is 33.3 Å². The van der Waals surface area contributed by atoms with Gasteiger partial charge in [-0.05, 0) is 36.8 Å². The molecule has 2 aromatic carbocycles. The number of hydrogen-bond donors (Lipinski definition) is 3. The van der Waals surface area contributed by atoms with Crippen LogP contribution < -0.4 is 25.2 Å². The highest BCUT2D eigenvalue weighted by Gasteiger charge is 2.30. The van der Waals surface area contributed by atoms with E-state index >= 15 is 0 Å². The number of carbonyl (C=O) groups excluding carboxylic acids is 2. The van der Waals surface area contributed by atoms with Gasteiger partial charge in [-0.2, -0.15) is 0 Å². The van der Waals surface area contributed by atoms with Crippen LogP contribution in [0.5, 0.6) is 5.75 Å². The number of nitrogens with zero attached hydrogens (tertiary/aromatic N) is 1. The molecule has 1 aliphatic rings. The standard InChI is InChI=1S/C22H28N4O3/c1-17(21(27)24-22(28)23-16-18-6-4-3-5-7-18)25-12-14-26(15-13-25)19-8-10-20(29-2)11-9-19/h3-11,17H,12-16H2,1-2H3,(H2,23,24,27,28)/p+1/t17-/m1/s1. The van der Waals surface area contributed by atoms with Crippen molar-refractivity contribution in [3.8, 4) is 5.75 Å². The molecule has 1 aliphatic heterocycles. The fraction of sp³-hybridized carbons (Fsp3) is 0.364. The lowest BCUT2D eigenvalue weighted by molar-refractivity contribution is -0.914. The second-order valence-electron chi connectivity index (χ2n) is 7.22. The number of imide groups is 1. The van der Waals surface area contributed by atoms with Crippen molar-refractivity contribution in [3.05, 3.63) is 60.2 Å². The molecule has 0 bridgehead atoms. The van der Waals surface area contributed by atoms with E-state index in [1.807, 2.05) is 49.4 Å². The number of anilines is 1. The summed E-state index contributed by atoms with van der Waals surface area (Å²) in [5.74, 6) is 0.595. The van der Waals surface area contributed by atoms with Crippen molar-refractivity contribution in [2.24, 2.45) is 0 Å². The second kappa shape index (κ2) is 9.93. The first-order valence-electron chi connectivity index (χ1n) is 9.93. The predicted molar refractivity (Wildman–Crippen MR) is 112 cm³/mol. The Morgan fingerprint density at radius 3 is 2.34 bits per heavy atom. The summed E-state index contributed by atoms with van der Waals surface area (Å²) in [5, 5.41) is 5.19. The number of urea groups is 1. The third-order valence-corrected chi connectivity index (χ3v) is 5.38. The Labute approximate surface area is 171 Å². The number of hydrogen-bond acceptors (Lipinski definition) is 4. The highest BCUT2D eigenvalue weighted by Crippen LogP contribution is 2.19. The average molecular weight is 397 g/mol. The van der Waals surface area contributed by atoms with Crippen molar-refractivity contribution in [2.75, 3.05) is 38.2 Å². The Bertz CT molecular complexity index is 803. The Morgan fingerprint density at radius 2 is 1.72 bits per heavy atom. The lowest BCUT2D eigenvalue weighted by Gasteiger charge is -2.35. The van der Waals surface area contributed by atoms with E-state index in [1.165, 1.54) is 4.90 Å². The van der Waals surface area contributed by atoms with Crippen molar-refractivity contribution >= 4 is 17.6 Å². The average Bonchev–Trinajstić information content (AvgIpc) is 2.78. The molecular weight excluding hydrogens is 368 g/mol. The third-order valence-electron chi connectivity index (χ3n) is 5.38. The number of nitrogens with one attached hydrogen (secondary N) is 3. The molecule has 0 spiro atoms. The minimum Gasteiger partial charge on any atom is -0.497 e. The van der Waals surface area contributed by atoms with Gasteiger partial charge in [0.1, 0.15) is 5.75 Å². The first-order chi connectivity index (χ1) is 14.1. The van der Waals surface area contributed by atoms with Crippen LogP contribution in [0.4, 0.5) is 10.5 Å². The van der Waals surface area contributed by atoms with E-state index in [-0.39, 0.29) is 11.9 Å². The van der Waals surface area contributed by atoms with Crippen molar-refractivity contribution < 1.29 is 19.2 Å². The van der Waals surface area contributed by atoms with E-state index in [9.17, 15) is 9.59 Å². The van der Waals surface area contributed by atoms with Crippen LogP contribution >= 0.6 is 0 Å². The molecule has 3 N–H and O–H groups in total. The lowest BCUT2D eigenvalue weighted by atomic mass is 10.2. The predicted octanol–water partition coefficient (Wildman–Crippen LogP) is 0.815. The molecule has 0 unspecified atom stereocenters. The maximum absolute atomic E-state index is 12.5. The minimum atomic E-state index is -0.457. The van der Waals surface area contributed by atoms with Crippen LogP contribution in [-0.4, -0.2) is 51.3 Å². The quantitative estimate of drug-likeness (QED) is 0.675. The zero-order valence-corrected chi connectivity index (χ0v) is 17.0. The zero-order valence-electron chi connectivity index (χ0n) is 17.0. The van der Waals surface area contributed by atoms with Gasteiger partial charge in [0, 0.05) is 12.2 Å². The van der Waals surface area contributed by atoms with Gasteiger partial charge in [-0.3, -0.25) is 10.1 Å². The summed E-state index contributed by atoms with van der Waals surface area (Å²) >= 11 is 0. The molecule has 1 saturated heterocycles. The van der Waals surface area contributed by atoms with Gasteiger partial charge in [0.15, 0.2) is 6.04 Å². The molecule has 3 amide bonds. The van der Waals surface area contributed by atoms with Crippen LogP contribution in [0, 0.1) is 0 Å². The summed E-state index contributed by atoms with van der Waals surface area (Å²) in [4.78, 5) is 28.0. The van der Waals surface area contributed by atoms with E-state index in [4.69, 9.17) is 4.74 Å². The van der Waals surface area contributed by atoms with Crippen LogP contribution in [-0.2, 0) is 11.3 Å². The summed E-state index contributed by atoms with van der Waals surface area (Å²) in [6.45, 7) is 5.66. The summed E-state index contributed by atoms with van der Waals surface area (Å²) in [6.07, 6.45) is 0. The molecule has 154 valence electrons. The number of rotatable bonds is 6. The number of amides is 3. The Kier molecular flexibility index (Phi) is 7.08. The maximum atomic E-state index is 12.5. The summed E-state index contributed by atoms with van der Waals surface area (Å²) in [5.41, 5.74) is 2.14. The largest absolute Gasteiger partial charge is 0.497 e. The molecule has 0 saturated carbocycles. The fourth-order valence-electron chi connectivity index (χ4n) is 3.51.